The van der Waals surface area contributed by atoms with Crippen molar-refractivity contribution in [3.8, 4) is 44.5 Å². The van der Waals surface area contributed by atoms with E-state index < -0.39 is 0 Å². The first kappa shape index (κ1) is 36.1. The molecule has 1 nitrogen and oxygen atoms in total. The van der Waals surface area contributed by atoms with Crippen LogP contribution in [0.25, 0.3) is 97.0 Å². The normalized spacial score (nSPS) is 11.5. The van der Waals surface area contributed by atoms with Crippen molar-refractivity contribution >= 4 is 80.9 Å². The highest BCUT2D eigenvalue weighted by Gasteiger charge is 2.20. The Morgan fingerprint density at radius 1 is 0.258 bits per heavy atom. The highest BCUT2D eigenvalue weighted by Crippen LogP contribution is 2.45. The smallest absolute Gasteiger partial charge is 0.0546 e. The third-order valence-electron chi connectivity index (χ3n) is 12.4. The maximum atomic E-state index is 2.46. The van der Waals surface area contributed by atoms with E-state index in [0.717, 1.165) is 22.6 Å². The number of nitrogens with zero attached hydrogens (tertiary/aromatic N) is 1. The summed E-state index contributed by atoms with van der Waals surface area (Å²) in [5.41, 5.74) is 12.8. The second kappa shape index (κ2) is 15.0. The average molecular weight is 806 g/mol. The van der Waals surface area contributed by atoms with Crippen molar-refractivity contribution in [2.45, 2.75) is 0 Å². The van der Waals surface area contributed by atoms with Gasteiger partial charge in [-0.2, -0.15) is 0 Å². The van der Waals surface area contributed by atoms with Crippen molar-refractivity contribution in [2.24, 2.45) is 0 Å². The molecule has 0 fully saturated rings. The molecule has 0 radical (unpaired) electrons. The van der Waals surface area contributed by atoms with Crippen molar-refractivity contribution < 1.29 is 0 Å². The maximum Gasteiger partial charge on any atom is 0.0546 e. The van der Waals surface area contributed by atoms with Gasteiger partial charge in [0.1, 0.15) is 0 Å². The van der Waals surface area contributed by atoms with Gasteiger partial charge in [-0.15, -0.1) is 11.3 Å². The molecule has 62 heavy (non-hydrogen) atoms. The van der Waals surface area contributed by atoms with Crippen LogP contribution in [0.4, 0.5) is 17.1 Å². The number of hydrogen-bond donors (Lipinski definition) is 0. The molecule has 0 aliphatic rings. The fourth-order valence-electron chi connectivity index (χ4n) is 9.37. The monoisotopic (exact) mass is 805 g/mol. The Morgan fingerprint density at radius 2 is 0.839 bits per heavy atom. The fourth-order valence-corrected chi connectivity index (χ4v) is 10.5. The number of anilines is 3. The van der Waals surface area contributed by atoms with Gasteiger partial charge in [-0.05, 0) is 132 Å². The standard InChI is InChI=1S/C60H39NS/c1-2-14-41(15-3-1)52-33-29-47(45-26-25-40-13-4-5-16-43(40)35-45)39-58(52)61(50-19-12-18-44(36-50)46-30-34-60-57(37-46)55-23-10-11-24-59(55)62-60)49-31-27-42(28-32-49)56-38-48-17-6-7-20-51(48)53-21-8-9-22-54(53)56/h1-39H. The Labute approximate surface area is 365 Å². The van der Waals surface area contributed by atoms with E-state index in [-0.39, 0.29) is 0 Å². The Kier molecular flexibility index (Phi) is 8.76. The molecule has 12 aromatic rings. The topological polar surface area (TPSA) is 3.24 Å². The minimum Gasteiger partial charge on any atom is -0.310 e. The molecule has 290 valence electrons. The van der Waals surface area contributed by atoms with Crippen LogP contribution in [0, 0.1) is 0 Å². The highest BCUT2D eigenvalue weighted by molar-refractivity contribution is 7.25. The summed E-state index contributed by atoms with van der Waals surface area (Å²) in [6.45, 7) is 0. The highest BCUT2D eigenvalue weighted by atomic mass is 32.1. The molecular weight excluding hydrogens is 767 g/mol. The van der Waals surface area contributed by atoms with Gasteiger partial charge in [-0.1, -0.05) is 176 Å². The van der Waals surface area contributed by atoms with Gasteiger partial charge >= 0.3 is 0 Å². The van der Waals surface area contributed by atoms with E-state index in [1.165, 1.54) is 91.4 Å². The Bertz CT molecular complexity index is 3640. The van der Waals surface area contributed by atoms with E-state index in [1.54, 1.807) is 0 Å². The van der Waals surface area contributed by atoms with Gasteiger partial charge in [0.25, 0.3) is 0 Å². The van der Waals surface area contributed by atoms with E-state index >= 15 is 0 Å². The van der Waals surface area contributed by atoms with Crippen LogP contribution in [-0.4, -0.2) is 0 Å². The van der Waals surface area contributed by atoms with E-state index in [1.807, 2.05) is 11.3 Å². The summed E-state index contributed by atoms with van der Waals surface area (Å²) in [7, 11) is 0. The molecular formula is C60H39NS. The van der Waals surface area contributed by atoms with Crippen LogP contribution in [0.1, 0.15) is 0 Å². The predicted molar refractivity (Wildman–Crippen MR) is 268 cm³/mol. The summed E-state index contributed by atoms with van der Waals surface area (Å²) in [5, 5.41) is 10.1. The summed E-state index contributed by atoms with van der Waals surface area (Å²) >= 11 is 1.86. The zero-order chi connectivity index (χ0) is 41.0. The second-order valence-electron chi connectivity index (χ2n) is 16.1. The maximum absolute atomic E-state index is 2.46. The van der Waals surface area contributed by atoms with Crippen LogP contribution in [0.2, 0.25) is 0 Å². The summed E-state index contributed by atoms with van der Waals surface area (Å²) in [4.78, 5) is 2.46. The van der Waals surface area contributed by atoms with Gasteiger partial charge in [0.2, 0.25) is 0 Å². The molecule has 2 heteroatoms. The third kappa shape index (κ3) is 6.32. The molecule has 0 saturated heterocycles. The predicted octanol–water partition coefficient (Wildman–Crippen LogP) is 17.7. The molecule has 1 heterocycles. The lowest BCUT2D eigenvalue weighted by Crippen LogP contribution is -2.11. The molecule has 11 aromatic carbocycles. The zero-order valence-corrected chi connectivity index (χ0v) is 34.7. The number of fused-ring (bicyclic) bond motifs is 7. The van der Waals surface area contributed by atoms with Crippen LogP contribution in [0.5, 0.6) is 0 Å². The minimum atomic E-state index is 1.09. The van der Waals surface area contributed by atoms with Crippen molar-refractivity contribution in [1.29, 1.82) is 0 Å². The molecule has 0 bridgehead atoms. The van der Waals surface area contributed by atoms with Crippen molar-refractivity contribution in [2.75, 3.05) is 4.90 Å². The summed E-state index contributed by atoms with van der Waals surface area (Å²) in [5.74, 6) is 0. The first-order valence-electron chi connectivity index (χ1n) is 21.2. The molecule has 1 aromatic heterocycles. The SMILES string of the molecule is c1ccc(-c2ccc(-c3ccc4ccccc4c3)cc2N(c2ccc(-c3cc4ccccc4c4ccccc34)cc2)c2cccc(-c3ccc4sc5ccccc5c4c3)c2)cc1. The largest absolute Gasteiger partial charge is 0.310 e. The lowest BCUT2D eigenvalue weighted by Gasteiger charge is -2.29. The van der Waals surface area contributed by atoms with E-state index in [4.69, 9.17) is 0 Å². The number of hydrogen-bond acceptors (Lipinski definition) is 2. The average Bonchev–Trinajstić information content (AvgIpc) is 3.72. The van der Waals surface area contributed by atoms with Crippen LogP contribution in [-0.2, 0) is 0 Å². The van der Waals surface area contributed by atoms with Gasteiger partial charge in [-0.3, -0.25) is 0 Å². The molecule has 0 spiro atoms. The zero-order valence-electron chi connectivity index (χ0n) is 33.9. The van der Waals surface area contributed by atoms with Crippen molar-refractivity contribution in [3.05, 3.63) is 237 Å². The molecule has 0 aliphatic heterocycles. The summed E-state index contributed by atoms with van der Waals surface area (Å²) in [6, 6.07) is 87.0. The molecule has 0 N–H and O–H groups in total. The fraction of sp³-hybridized carbons (Fsp3) is 0. The molecule has 0 aliphatic carbocycles. The first-order chi connectivity index (χ1) is 30.7. The second-order valence-corrected chi connectivity index (χ2v) is 17.2. The van der Waals surface area contributed by atoms with Crippen LogP contribution >= 0.6 is 11.3 Å². The molecule has 0 unspecified atom stereocenters. The minimum absolute atomic E-state index is 1.09. The van der Waals surface area contributed by atoms with Gasteiger partial charge in [0.05, 0.1) is 5.69 Å². The van der Waals surface area contributed by atoms with Gasteiger partial charge < -0.3 is 4.90 Å². The van der Waals surface area contributed by atoms with Gasteiger partial charge in [0.15, 0.2) is 0 Å². The van der Waals surface area contributed by atoms with E-state index in [2.05, 4.69) is 241 Å². The molecule has 0 saturated carbocycles. The van der Waals surface area contributed by atoms with Crippen LogP contribution in [0.15, 0.2) is 237 Å². The summed E-state index contributed by atoms with van der Waals surface area (Å²) < 4.78 is 2.63. The number of benzene rings is 11. The molecule has 12 rings (SSSR count). The van der Waals surface area contributed by atoms with E-state index in [0.29, 0.717) is 0 Å². The lowest BCUT2D eigenvalue weighted by molar-refractivity contribution is 1.28. The number of rotatable bonds is 7. The van der Waals surface area contributed by atoms with Gasteiger partial charge in [0, 0.05) is 37.1 Å². The Morgan fingerprint density at radius 3 is 1.69 bits per heavy atom. The quantitative estimate of drug-likeness (QED) is 0.145. The number of thiophene rings is 1. The van der Waals surface area contributed by atoms with Gasteiger partial charge in [-0.25, -0.2) is 0 Å². The third-order valence-corrected chi connectivity index (χ3v) is 13.6. The van der Waals surface area contributed by atoms with Crippen LogP contribution in [0.3, 0.4) is 0 Å². The Hall–Kier alpha value is -7.78. The van der Waals surface area contributed by atoms with E-state index in [9.17, 15) is 0 Å². The van der Waals surface area contributed by atoms with Crippen molar-refractivity contribution in [1.82, 2.24) is 0 Å². The molecule has 0 atom stereocenters. The van der Waals surface area contributed by atoms with Crippen molar-refractivity contribution in [3.63, 3.8) is 0 Å². The first-order valence-corrected chi connectivity index (χ1v) is 22.0. The van der Waals surface area contributed by atoms with Crippen LogP contribution < -0.4 is 4.90 Å². The Balaban J connectivity index is 1.06. The lowest BCUT2D eigenvalue weighted by atomic mass is 9.93. The molecule has 0 amide bonds. The summed E-state index contributed by atoms with van der Waals surface area (Å²) in [6.07, 6.45) is 0.